The molecule has 0 aromatic heterocycles. The number of aliphatic hydroxyl groups excluding tert-OH is 1. The number of carbonyl (C=O) groups excluding carboxylic acids is 1. The zero-order chi connectivity index (χ0) is 13.1. The van der Waals surface area contributed by atoms with Gasteiger partial charge in [0.2, 0.25) is 0 Å². The number of hydrogen-bond acceptors (Lipinski definition) is 5. The predicted octanol–water partition coefficient (Wildman–Crippen LogP) is 0.669. The third kappa shape index (κ3) is 2.63. The number of hydrogen-bond donors (Lipinski definition) is 2. The van der Waals surface area contributed by atoms with E-state index >= 15 is 0 Å². The minimum Gasteiger partial charge on any atom is -0.398 e. The molecular formula is C13H18N2O3. The fourth-order valence-electron chi connectivity index (χ4n) is 2.11. The van der Waals surface area contributed by atoms with Gasteiger partial charge in [0, 0.05) is 30.0 Å². The van der Waals surface area contributed by atoms with Crippen molar-refractivity contribution < 1.29 is 14.6 Å². The van der Waals surface area contributed by atoms with Gasteiger partial charge in [0.15, 0.2) is 5.78 Å². The van der Waals surface area contributed by atoms with Crippen molar-refractivity contribution >= 4 is 17.2 Å². The first-order valence-electron chi connectivity index (χ1n) is 5.99. The van der Waals surface area contributed by atoms with Gasteiger partial charge in [-0.05, 0) is 25.1 Å². The lowest BCUT2D eigenvalue weighted by molar-refractivity contribution is 0.00357. The minimum absolute atomic E-state index is 0.00500. The Morgan fingerprint density at radius 3 is 3.06 bits per heavy atom. The molecule has 0 radical (unpaired) electrons. The van der Waals surface area contributed by atoms with Gasteiger partial charge in [-0.15, -0.1) is 0 Å². The fourth-order valence-corrected chi connectivity index (χ4v) is 2.11. The van der Waals surface area contributed by atoms with E-state index in [0.29, 0.717) is 24.4 Å². The summed E-state index contributed by atoms with van der Waals surface area (Å²) >= 11 is 0. The van der Waals surface area contributed by atoms with Crippen LogP contribution in [0.25, 0.3) is 0 Å². The molecule has 1 heterocycles. The summed E-state index contributed by atoms with van der Waals surface area (Å²) in [5.41, 5.74) is 7.75. The molecule has 1 aliphatic heterocycles. The summed E-state index contributed by atoms with van der Waals surface area (Å²) in [7, 11) is 0. The van der Waals surface area contributed by atoms with E-state index in [2.05, 4.69) is 4.90 Å². The Kier molecular flexibility index (Phi) is 3.84. The number of nitrogens with two attached hydrogens (primary N) is 1. The average molecular weight is 250 g/mol. The molecule has 0 aliphatic carbocycles. The number of benzene rings is 1. The maximum Gasteiger partial charge on any atom is 0.161 e. The van der Waals surface area contributed by atoms with Gasteiger partial charge in [0.05, 0.1) is 19.3 Å². The lowest BCUT2D eigenvalue weighted by Crippen LogP contribution is -2.44. The molecule has 98 valence electrons. The van der Waals surface area contributed by atoms with Crippen LogP contribution < -0.4 is 10.6 Å². The van der Waals surface area contributed by atoms with E-state index in [1.54, 1.807) is 12.1 Å². The van der Waals surface area contributed by atoms with Crippen molar-refractivity contribution in [2.75, 3.05) is 36.9 Å². The quantitative estimate of drug-likeness (QED) is 0.609. The maximum atomic E-state index is 11.5. The van der Waals surface area contributed by atoms with Crippen LogP contribution in [0.4, 0.5) is 11.4 Å². The molecule has 1 saturated heterocycles. The molecule has 1 aromatic rings. The van der Waals surface area contributed by atoms with Gasteiger partial charge in [0.25, 0.3) is 0 Å². The largest absolute Gasteiger partial charge is 0.398 e. The molecule has 18 heavy (non-hydrogen) atoms. The molecule has 0 bridgehead atoms. The van der Waals surface area contributed by atoms with Gasteiger partial charge in [-0.2, -0.15) is 0 Å². The lowest BCUT2D eigenvalue weighted by atomic mass is 10.1. The summed E-state index contributed by atoms with van der Waals surface area (Å²) in [6, 6.07) is 5.44. The van der Waals surface area contributed by atoms with E-state index in [1.807, 2.05) is 6.07 Å². The molecule has 2 rings (SSSR count). The number of nitrogen functional groups attached to an aromatic ring is 1. The van der Waals surface area contributed by atoms with Crippen LogP contribution >= 0.6 is 0 Å². The van der Waals surface area contributed by atoms with Gasteiger partial charge in [-0.1, -0.05) is 0 Å². The molecule has 0 amide bonds. The number of anilines is 2. The predicted molar refractivity (Wildman–Crippen MR) is 69.9 cm³/mol. The lowest BCUT2D eigenvalue weighted by Gasteiger charge is -2.34. The Bertz CT molecular complexity index is 448. The van der Waals surface area contributed by atoms with Crippen molar-refractivity contribution in [1.29, 1.82) is 0 Å². The Morgan fingerprint density at radius 1 is 1.61 bits per heavy atom. The molecule has 5 heteroatoms. The number of rotatable bonds is 3. The first-order valence-corrected chi connectivity index (χ1v) is 5.99. The summed E-state index contributed by atoms with van der Waals surface area (Å²) in [5.74, 6) is -0.0404. The van der Waals surface area contributed by atoms with Crippen LogP contribution in [0.2, 0.25) is 0 Å². The second-order valence-electron chi connectivity index (χ2n) is 4.45. The van der Waals surface area contributed by atoms with Crippen molar-refractivity contribution in [2.24, 2.45) is 0 Å². The number of morpholine rings is 1. The van der Waals surface area contributed by atoms with Crippen LogP contribution in [-0.2, 0) is 4.74 Å². The highest BCUT2D eigenvalue weighted by atomic mass is 16.5. The standard InChI is InChI=1S/C13H18N2O3/c1-9(17)12-6-10(2-3-13(12)14)15-4-5-18-11(7-15)8-16/h2-3,6,11,16H,4-5,7-8,14H2,1H3. The van der Waals surface area contributed by atoms with E-state index in [-0.39, 0.29) is 18.5 Å². The molecule has 1 atom stereocenters. The van der Waals surface area contributed by atoms with Crippen molar-refractivity contribution in [1.82, 2.24) is 0 Å². The molecule has 1 aromatic carbocycles. The first-order chi connectivity index (χ1) is 8.61. The summed E-state index contributed by atoms with van der Waals surface area (Å²) < 4.78 is 5.40. The van der Waals surface area contributed by atoms with E-state index in [1.165, 1.54) is 6.92 Å². The second kappa shape index (κ2) is 5.37. The monoisotopic (exact) mass is 250 g/mol. The van der Waals surface area contributed by atoms with E-state index in [9.17, 15) is 4.79 Å². The van der Waals surface area contributed by atoms with E-state index < -0.39 is 0 Å². The van der Waals surface area contributed by atoms with Crippen LogP contribution in [0.15, 0.2) is 18.2 Å². The minimum atomic E-state index is -0.169. The molecule has 1 unspecified atom stereocenters. The highest BCUT2D eigenvalue weighted by molar-refractivity contribution is 6.00. The zero-order valence-corrected chi connectivity index (χ0v) is 10.4. The van der Waals surface area contributed by atoms with Crippen LogP contribution in [-0.4, -0.2) is 43.3 Å². The third-order valence-electron chi connectivity index (χ3n) is 3.12. The van der Waals surface area contributed by atoms with E-state index in [4.69, 9.17) is 15.6 Å². The van der Waals surface area contributed by atoms with Crippen molar-refractivity contribution in [3.63, 3.8) is 0 Å². The van der Waals surface area contributed by atoms with Crippen LogP contribution in [0.5, 0.6) is 0 Å². The Morgan fingerprint density at radius 2 is 2.39 bits per heavy atom. The Hall–Kier alpha value is -1.59. The normalized spacial score (nSPS) is 19.9. The highest BCUT2D eigenvalue weighted by Crippen LogP contribution is 2.23. The summed E-state index contributed by atoms with van der Waals surface area (Å²) in [4.78, 5) is 13.6. The number of nitrogens with zero attached hydrogens (tertiary/aromatic N) is 1. The molecular weight excluding hydrogens is 232 g/mol. The molecule has 5 nitrogen and oxygen atoms in total. The SMILES string of the molecule is CC(=O)c1cc(N2CCOC(CO)C2)ccc1N. The molecule has 1 aliphatic rings. The van der Waals surface area contributed by atoms with Crippen molar-refractivity contribution in [2.45, 2.75) is 13.0 Å². The van der Waals surface area contributed by atoms with Crippen LogP contribution in [0.1, 0.15) is 17.3 Å². The average Bonchev–Trinajstić information content (AvgIpc) is 2.39. The number of Topliss-reactive ketones (excluding diaryl/α,β-unsaturated/α-hetero) is 1. The fraction of sp³-hybridized carbons (Fsp3) is 0.462. The van der Waals surface area contributed by atoms with Gasteiger partial charge in [0.1, 0.15) is 0 Å². The zero-order valence-electron chi connectivity index (χ0n) is 10.4. The summed E-state index contributed by atoms with van der Waals surface area (Å²) in [6.07, 6.45) is -0.169. The van der Waals surface area contributed by atoms with Gasteiger partial charge in [-0.3, -0.25) is 4.79 Å². The third-order valence-corrected chi connectivity index (χ3v) is 3.12. The molecule has 0 spiro atoms. The van der Waals surface area contributed by atoms with Gasteiger partial charge in [-0.25, -0.2) is 0 Å². The van der Waals surface area contributed by atoms with Crippen molar-refractivity contribution in [3.8, 4) is 0 Å². The van der Waals surface area contributed by atoms with Gasteiger partial charge < -0.3 is 20.5 Å². The smallest absolute Gasteiger partial charge is 0.161 e. The van der Waals surface area contributed by atoms with Gasteiger partial charge >= 0.3 is 0 Å². The Labute approximate surface area is 106 Å². The maximum absolute atomic E-state index is 11.5. The molecule has 3 N–H and O–H groups in total. The number of ketones is 1. The number of ether oxygens (including phenoxy) is 1. The number of aliphatic hydroxyl groups is 1. The summed E-state index contributed by atoms with van der Waals surface area (Å²) in [5, 5.41) is 9.12. The topological polar surface area (TPSA) is 75.8 Å². The van der Waals surface area contributed by atoms with Crippen molar-refractivity contribution in [3.05, 3.63) is 23.8 Å². The summed E-state index contributed by atoms with van der Waals surface area (Å²) in [6.45, 7) is 3.46. The van der Waals surface area contributed by atoms with E-state index in [0.717, 1.165) is 12.2 Å². The molecule has 1 fully saturated rings. The van der Waals surface area contributed by atoms with Crippen LogP contribution in [0.3, 0.4) is 0 Å². The highest BCUT2D eigenvalue weighted by Gasteiger charge is 2.20. The number of carbonyl (C=O) groups is 1. The first kappa shape index (κ1) is 12.9. The Balaban J connectivity index is 2.22. The van der Waals surface area contributed by atoms with Crippen LogP contribution in [0, 0.1) is 0 Å². The molecule has 0 saturated carbocycles. The second-order valence-corrected chi connectivity index (χ2v) is 4.45.